The fraction of sp³-hybridized carbons (Fsp3) is 0.385. The van der Waals surface area contributed by atoms with Crippen molar-refractivity contribution in [3.8, 4) is 0 Å². The SMILES string of the molecule is Cc1cc(Br)ccc1C(O)C1=COCCC1. The van der Waals surface area contributed by atoms with Crippen molar-refractivity contribution in [1.82, 2.24) is 0 Å². The van der Waals surface area contributed by atoms with E-state index in [1.54, 1.807) is 6.26 Å². The van der Waals surface area contributed by atoms with Crippen LogP contribution in [0.5, 0.6) is 0 Å². The van der Waals surface area contributed by atoms with Crippen LogP contribution in [0.2, 0.25) is 0 Å². The zero-order valence-electron chi connectivity index (χ0n) is 9.24. The van der Waals surface area contributed by atoms with E-state index in [-0.39, 0.29) is 0 Å². The molecule has 1 N–H and O–H groups in total. The molecular weight excluding hydrogens is 268 g/mol. The lowest BCUT2D eigenvalue weighted by molar-refractivity contribution is 0.170. The molecule has 2 rings (SSSR count). The minimum Gasteiger partial charge on any atom is -0.501 e. The molecule has 86 valence electrons. The van der Waals surface area contributed by atoms with Crippen LogP contribution in [0.1, 0.15) is 30.1 Å². The Balaban J connectivity index is 2.26. The van der Waals surface area contributed by atoms with E-state index in [1.807, 2.05) is 25.1 Å². The fourth-order valence-corrected chi connectivity index (χ4v) is 2.41. The van der Waals surface area contributed by atoms with Crippen LogP contribution in [-0.2, 0) is 4.74 Å². The second-order valence-electron chi connectivity index (χ2n) is 4.07. The Hall–Kier alpha value is -0.800. The summed E-state index contributed by atoms with van der Waals surface area (Å²) in [5.74, 6) is 0. The van der Waals surface area contributed by atoms with Gasteiger partial charge in [0.1, 0.15) is 6.10 Å². The molecule has 0 amide bonds. The van der Waals surface area contributed by atoms with E-state index < -0.39 is 6.10 Å². The lowest BCUT2D eigenvalue weighted by Gasteiger charge is -2.20. The van der Waals surface area contributed by atoms with Crippen molar-refractivity contribution >= 4 is 15.9 Å². The van der Waals surface area contributed by atoms with Crippen LogP contribution in [0.25, 0.3) is 0 Å². The quantitative estimate of drug-likeness (QED) is 0.900. The monoisotopic (exact) mass is 282 g/mol. The van der Waals surface area contributed by atoms with Gasteiger partial charge in [0.25, 0.3) is 0 Å². The van der Waals surface area contributed by atoms with Crippen LogP contribution in [0.15, 0.2) is 34.5 Å². The summed E-state index contributed by atoms with van der Waals surface area (Å²) >= 11 is 3.42. The van der Waals surface area contributed by atoms with E-state index in [9.17, 15) is 5.11 Å². The molecule has 1 unspecified atom stereocenters. The van der Waals surface area contributed by atoms with Gasteiger partial charge in [-0.05, 0) is 48.6 Å². The number of aryl methyl sites for hydroxylation is 1. The van der Waals surface area contributed by atoms with E-state index in [0.717, 1.165) is 40.6 Å². The van der Waals surface area contributed by atoms with Crippen LogP contribution in [-0.4, -0.2) is 11.7 Å². The average molecular weight is 283 g/mol. The smallest absolute Gasteiger partial charge is 0.104 e. The number of halogens is 1. The molecule has 0 spiro atoms. The van der Waals surface area contributed by atoms with Crippen LogP contribution >= 0.6 is 15.9 Å². The number of ether oxygens (including phenoxy) is 1. The number of rotatable bonds is 2. The van der Waals surface area contributed by atoms with Gasteiger partial charge in [-0.15, -0.1) is 0 Å². The molecule has 0 saturated heterocycles. The summed E-state index contributed by atoms with van der Waals surface area (Å²) in [4.78, 5) is 0. The molecule has 0 bridgehead atoms. The molecule has 1 aliphatic rings. The summed E-state index contributed by atoms with van der Waals surface area (Å²) in [6, 6.07) is 5.93. The summed E-state index contributed by atoms with van der Waals surface area (Å²) < 4.78 is 6.29. The normalized spacial score (nSPS) is 17.6. The molecule has 0 radical (unpaired) electrons. The molecule has 3 heteroatoms. The summed E-state index contributed by atoms with van der Waals surface area (Å²) in [6.07, 6.45) is 3.07. The van der Waals surface area contributed by atoms with E-state index >= 15 is 0 Å². The van der Waals surface area contributed by atoms with Crippen molar-refractivity contribution in [3.63, 3.8) is 0 Å². The average Bonchev–Trinajstić information content (AvgIpc) is 2.29. The second kappa shape index (κ2) is 5.02. The summed E-state index contributed by atoms with van der Waals surface area (Å²) in [5, 5.41) is 10.3. The van der Waals surface area contributed by atoms with Crippen molar-refractivity contribution in [2.45, 2.75) is 25.9 Å². The topological polar surface area (TPSA) is 29.5 Å². The number of aliphatic hydroxyl groups is 1. The Bertz CT molecular complexity index is 412. The Morgan fingerprint density at radius 1 is 1.44 bits per heavy atom. The first-order valence-corrected chi connectivity index (χ1v) is 6.22. The highest BCUT2D eigenvalue weighted by Crippen LogP contribution is 2.30. The molecule has 0 aromatic heterocycles. The third kappa shape index (κ3) is 2.47. The predicted molar refractivity (Wildman–Crippen MR) is 67.1 cm³/mol. The van der Waals surface area contributed by atoms with Crippen molar-refractivity contribution in [2.75, 3.05) is 6.61 Å². The molecule has 1 aromatic carbocycles. The minimum atomic E-state index is -0.534. The van der Waals surface area contributed by atoms with Gasteiger partial charge in [0.05, 0.1) is 12.9 Å². The van der Waals surface area contributed by atoms with Gasteiger partial charge in [-0.2, -0.15) is 0 Å². The number of aliphatic hydroxyl groups excluding tert-OH is 1. The zero-order chi connectivity index (χ0) is 11.5. The highest BCUT2D eigenvalue weighted by Gasteiger charge is 2.17. The Kier molecular flexibility index (Phi) is 3.66. The Morgan fingerprint density at radius 3 is 2.88 bits per heavy atom. The Morgan fingerprint density at radius 2 is 2.25 bits per heavy atom. The lowest BCUT2D eigenvalue weighted by atomic mass is 9.95. The molecule has 1 aliphatic heterocycles. The number of hydrogen-bond acceptors (Lipinski definition) is 2. The van der Waals surface area contributed by atoms with Gasteiger partial charge in [-0.25, -0.2) is 0 Å². The third-order valence-corrected chi connectivity index (χ3v) is 3.33. The zero-order valence-corrected chi connectivity index (χ0v) is 10.8. The van der Waals surface area contributed by atoms with E-state index in [1.165, 1.54) is 0 Å². The van der Waals surface area contributed by atoms with Crippen molar-refractivity contribution < 1.29 is 9.84 Å². The van der Waals surface area contributed by atoms with Crippen molar-refractivity contribution in [3.05, 3.63) is 45.6 Å². The highest BCUT2D eigenvalue weighted by atomic mass is 79.9. The minimum absolute atomic E-state index is 0.534. The molecule has 0 saturated carbocycles. The van der Waals surface area contributed by atoms with Crippen LogP contribution in [0.3, 0.4) is 0 Å². The highest BCUT2D eigenvalue weighted by molar-refractivity contribution is 9.10. The molecular formula is C13H15BrO2. The lowest BCUT2D eigenvalue weighted by Crippen LogP contribution is -2.09. The van der Waals surface area contributed by atoms with Crippen molar-refractivity contribution in [2.24, 2.45) is 0 Å². The Labute approximate surface area is 104 Å². The van der Waals surface area contributed by atoms with Gasteiger partial charge < -0.3 is 9.84 Å². The molecule has 1 aromatic rings. The second-order valence-corrected chi connectivity index (χ2v) is 4.99. The standard InChI is InChI=1S/C13H15BrO2/c1-9-7-11(14)4-5-12(9)13(15)10-3-2-6-16-8-10/h4-5,7-8,13,15H,2-3,6H2,1H3. The maximum Gasteiger partial charge on any atom is 0.104 e. The molecule has 0 aliphatic carbocycles. The predicted octanol–water partition coefficient (Wildman–Crippen LogP) is 3.49. The first kappa shape index (κ1) is 11.7. The number of benzene rings is 1. The van der Waals surface area contributed by atoms with Gasteiger partial charge in [0.15, 0.2) is 0 Å². The molecule has 1 heterocycles. The summed E-state index contributed by atoms with van der Waals surface area (Å²) in [6.45, 7) is 2.77. The maximum atomic E-state index is 10.3. The first-order chi connectivity index (χ1) is 7.68. The molecule has 0 fully saturated rings. The molecule has 1 atom stereocenters. The van der Waals surface area contributed by atoms with E-state index in [4.69, 9.17) is 4.74 Å². The maximum absolute atomic E-state index is 10.3. The van der Waals surface area contributed by atoms with E-state index in [2.05, 4.69) is 15.9 Å². The van der Waals surface area contributed by atoms with Gasteiger partial charge >= 0.3 is 0 Å². The van der Waals surface area contributed by atoms with Crippen molar-refractivity contribution in [1.29, 1.82) is 0 Å². The number of hydrogen-bond donors (Lipinski definition) is 1. The van der Waals surface area contributed by atoms with Gasteiger partial charge in [-0.3, -0.25) is 0 Å². The third-order valence-electron chi connectivity index (χ3n) is 2.84. The largest absolute Gasteiger partial charge is 0.501 e. The summed E-state index contributed by atoms with van der Waals surface area (Å²) in [5.41, 5.74) is 3.02. The molecule has 16 heavy (non-hydrogen) atoms. The van der Waals surface area contributed by atoms with Crippen LogP contribution < -0.4 is 0 Å². The molecule has 2 nitrogen and oxygen atoms in total. The van der Waals surface area contributed by atoms with Gasteiger partial charge in [0, 0.05) is 4.47 Å². The first-order valence-electron chi connectivity index (χ1n) is 5.43. The fourth-order valence-electron chi connectivity index (χ4n) is 1.93. The van der Waals surface area contributed by atoms with Crippen LogP contribution in [0.4, 0.5) is 0 Å². The van der Waals surface area contributed by atoms with Crippen LogP contribution in [0, 0.1) is 6.92 Å². The van der Waals surface area contributed by atoms with E-state index in [0.29, 0.717) is 0 Å². The summed E-state index contributed by atoms with van der Waals surface area (Å²) in [7, 11) is 0. The van der Waals surface area contributed by atoms with Gasteiger partial charge in [-0.1, -0.05) is 22.0 Å². The van der Waals surface area contributed by atoms with Gasteiger partial charge in [0.2, 0.25) is 0 Å².